The van der Waals surface area contributed by atoms with Gasteiger partial charge >= 0.3 is 0 Å². The predicted octanol–water partition coefficient (Wildman–Crippen LogP) is 2.34. The van der Waals surface area contributed by atoms with Gasteiger partial charge in [0, 0.05) is 17.4 Å². The molecule has 0 spiro atoms. The molecule has 0 aromatic heterocycles. The van der Waals surface area contributed by atoms with Crippen molar-refractivity contribution < 1.29 is 4.74 Å². The standard InChI is InChI=1S/C8H13BrO/c9-6-8-3-1-2-7(8)10-5-4-8/h7H,1-6H2/t7-,8+/m1/s1. The monoisotopic (exact) mass is 204 g/mol. The summed E-state index contributed by atoms with van der Waals surface area (Å²) in [5.41, 5.74) is 0.542. The Kier molecular flexibility index (Phi) is 1.77. The quantitative estimate of drug-likeness (QED) is 0.597. The van der Waals surface area contributed by atoms with E-state index in [2.05, 4.69) is 15.9 Å². The summed E-state index contributed by atoms with van der Waals surface area (Å²) in [7, 11) is 0. The lowest BCUT2D eigenvalue weighted by Gasteiger charge is -2.24. The highest BCUT2D eigenvalue weighted by Crippen LogP contribution is 2.48. The number of alkyl halides is 1. The number of ether oxygens (including phenoxy) is 1. The van der Waals surface area contributed by atoms with Crippen LogP contribution in [-0.2, 0) is 4.74 Å². The van der Waals surface area contributed by atoms with Gasteiger partial charge in [-0.15, -0.1) is 0 Å². The minimum absolute atomic E-state index is 0.542. The van der Waals surface area contributed by atoms with E-state index in [4.69, 9.17) is 4.74 Å². The van der Waals surface area contributed by atoms with E-state index in [0.29, 0.717) is 11.5 Å². The Morgan fingerprint density at radius 3 is 3.10 bits per heavy atom. The lowest BCUT2D eigenvalue weighted by Crippen LogP contribution is -2.26. The van der Waals surface area contributed by atoms with Crippen molar-refractivity contribution in [1.82, 2.24) is 0 Å². The minimum atomic E-state index is 0.542. The molecule has 2 aliphatic rings. The van der Waals surface area contributed by atoms with Gasteiger partial charge in [0.2, 0.25) is 0 Å². The Hall–Kier alpha value is 0.440. The van der Waals surface area contributed by atoms with Crippen LogP contribution in [0, 0.1) is 5.41 Å². The van der Waals surface area contributed by atoms with Gasteiger partial charge in [-0.25, -0.2) is 0 Å². The average Bonchev–Trinajstić information content (AvgIpc) is 2.42. The first-order valence-electron chi connectivity index (χ1n) is 4.05. The third-order valence-electron chi connectivity index (χ3n) is 3.01. The average molecular weight is 205 g/mol. The van der Waals surface area contributed by atoms with Crippen molar-refractivity contribution in [1.29, 1.82) is 0 Å². The fraction of sp³-hybridized carbons (Fsp3) is 1.00. The van der Waals surface area contributed by atoms with E-state index < -0.39 is 0 Å². The summed E-state index contributed by atoms with van der Waals surface area (Å²) in [5.74, 6) is 0. The van der Waals surface area contributed by atoms with E-state index in [9.17, 15) is 0 Å². The summed E-state index contributed by atoms with van der Waals surface area (Å²) >= 11 is 3.59. The maximum atomic E-state index is 5.64. The third-order valence-corrected chi connectivity index (χ3v) is 4.13. The van der Waals surface area contributed by atoms with Gasteiger partial charge in [0.05, 0.1) is 6.10 Å². The molecule has 0 aromatic carbocycles. The molecule has 10 heavy (non-hydrogen) atoms. The molecule has 1 nitrogen and oxygen atoms in total. The summed E-state index contributed by atoms with van der Waals surface area (Å²) < 4.78 is 5.64. The second-order valence-electron chi connectivity index (χ2n) is 3.50. The first-order chi connectivity index (χ1) is 4.87. The van der Waals surface area contributed by atoms with Crippen molar-refractivity contribution in [3.8, 4) is 0 Å². The molecule has 1 heterocycles. The zero-order chi connectivity index (χ0) is 7.03. The molecule has 0 aromatic rings. The number of halogens is 1. The van der Waals surface area contributed by atoms with E-state index in [1.165, 1.54) is 25.7 Å². The van der Waals surface area contributed by atoms with Gasteiger partial charge in [-0.3, -0.25) is 0 Å². The van der Waals surface area contributed by atoms with Crippen molar-refractivity contribution in [2.75, 3.05) is 11.9 Å². The minimum Gasteiger partial charge on any atom is -0.378 e. The molecule has 1 aliphatic carbocycles. The van der Waals surface area contributed by atoms with Crippen LogP contribution in [0.5, 0.6) is 0 Å². The fourth-order valence-electron chi connectivity index (χ4n) is 2.28. The molecule has 0 bridgehead atoms. The summed E-state index contributed by atoms with van der Waals surface area (Å²) in [6.45, 7) is 0.996. The molecule has 2 heteroatoms. The normalized spacial score (nSPS) is 45.9. The molecule has 0 N–H and O–H groups in total. The van der Waals surface area contributed by atoms with Gasteiger partial charge < -0.3 is 4.74 Å². The van der Waals surface area contributed by atoms with Gasteiger partial charge in [0.1, 0.15) is 0 Å². The topological polar surface area (TPSA) is 9.23 Å². The smallest absolute Gasteiger partial charge is 0.0640 e. The maximum absolute atomic E-state index is 5.64. The van der Waals surface area contributed by atoms with Crippen LogP contribution in [0.4, 0.5) is 0 Å². The Labute approximate surface area is 70.3 Å². The predicted molar refractivity (Wildman–Crippen MR) is 44.4 cm³/mol. The van der Waals surface area contributed by atoms with Gasteiger partial charge in [-0.1, -0.05) is 22.4 Å². The molecule has 0 amide bonds. The zero-order valence-corrected chi connectivity index (χ0v) is 7.69. The SMILES string of the molecule is BrC[C@@]12CCC[C@H]1OCC2. The van der Waals surface area contributed by atoms with Crippen molar-refractivity contribution in [3.63, 3.8) is 0 Å². The first kappa shape index (κ1) is 7.11. The highest BCUT2D eigenvalue weighted by molar-refractivity contribution is 9.09. The number of hydrogen-bond acceptors (Lipinski definition) is 1. The maximum Gasteiger partial charge on any atom is 0.0640 e. The van der Waals surface area contributed by atoms with Crippen LogP contribution in [0.1, 0.15) is 25.7 Å². The van der Waals surface area contributed by atoms with Crippen LogP contribution in [0.3, 0.4) is 0 Å². The molecular formula is C8H13BrO. The third kappa shape index (κ3) is 0.850. The summed E-state index contributed by atoms with van der Waals surface area (Å²) in [6, 6.07) is 0. The zero-order valence-electron chi connectivity index (χ0n) is 6.11. The van der Waals surface area contributed by atoms with E-state index >= 15 is 0 Å². The Morgan fingerprint density at radius 1 is 1.50 bits per heavy atom. The van der Waals surface area contributed by atoms with Crippen LogP contribution in [0.2, 0.25) is 0 Å². The number of fused-ring (bicyclic) bond motifs is 1. The fourth-order valence-corrected chi connectivity index (χ4v) is 3.20. The number of rotatable bonds is 1. The first-order valence-corrected chi connectivity index (χ1v) is 5.17. The summed E-state index contributed by atoms with van der Waals surface area (Å²) in [5, 5.41) is 1.14. The molecule has 1 saturated carbocycles. The van der Waals surface area contributed by atoms with Crippen molar-refractivity contribution in [3.05, 3.63) is 0 Å². The van der Waals surface area contributed by atoms with Crippen LogP contribution < -0.4 is 0 Å². The lowest BCUT2D eigenvalue weighted by atomic mass is 9.85. The molecular weight excluding hydrogens is 192 g/mol. The highest BCUT2D eigenvalue weighted by atomic mass is 79.9. The van der Waals surface area contributed by atoms with Crippen molar-refractivity contribution >= 4 is 15.9 Å². The van der Waals surface area contributed by atoms with Crippen LogP contribution in [-0.4, -0.2) is 18.0 Å². The van der Waals surface area contributed by atoms with Gasteiger partial charge in [0.15, 0.2) is 0 Å². The Morgan fingerprint density at radius 2 is 2.40 bits per heavy atom. The summed E-state index contributed by atoms with van der Waals surface area (Å²) in [4.78, 5) is 0. The second-order valence-corrected chi connectivity index (χ2v) is 4.06. The molecule has 58 valence electrons. The molecule has 1 saturated heterocycles. The van der Waals surface area contributed by atoms with E-state index in [1.807, 2.05) is 0 Å². The van der Waals surface area contributed by atoms with Crippen LogP contribution >= 0.6 is 15.9 Å². The number of hydrogen-bond donors (Lipinski definition) is 0. The Balaban J connectivity index is 2.15. The molecule has 1 aliphatic heterocycles. The lowest BCUT2D eigenvalue weighted by molar-refractivity contribution is 0.0792. The highest BCUT2D eigenvalue weighted by Gasteiger charge is 2.46. The van der Waals surface area contributed by atoms with Crippen LogP contribution in [0.25, 0.3) is 0 Å². The molecule has 2 rings (SSSR count). The molecule has 0 unspecified atom stereocenters. The second kappa shape index (κ2) is 2.49. The van der Waals surface area contributed by atoms with Crippen LogP contribution in [0.15, 0.2) is 0 Å². The van der Waals surface area contributed by atoms with Crippen molar-refractivity contribution in [2.45, 2.75) is 31.8 Å². The molecule has 0 radical (unpaired) electrons. The largest absolute Gasteiger partial charge is 0.378 e. The van der Waals surface area contributed by atoms with Gasteiger partial charge in [-0.2, -0.15) is 0 Å². The van der Waals surface area contributed by atoms with Crippen molar-refractivity contribution in [2.24, 2.45) is 5.41 Å². The van der Waals surface area contributed by atoms with E-state index in [0.717, 1.165) is 11.9 Å². The van der Waals surface area contributed by atoms with Gasteiger partial charge in [0.25, 0.3) is 0 Å². The summed E-state index contributed by atoms with van der Waals surface area (Å²) in [6.07, 6.45) is 5.92. The Bertz CT molecular complexity index is 125. The molecule has 2 atom stereocenters. The van der Waals surface area contributed by atoms with E-state index in [-0.39, 0.29) is 0 Å². The molecule has 2 fully saturated rings. The van der Waals surface area contributed by atoms with E-state index in [1.54, 1.807) is 0 Å². The van der Waals surface area contributed by atoms with Gasteiger partial charge in [-0.05, 0) is 19.3 Å².